The van der Waals surface area contributed by atoms with Crippen molar-refractivity contribution in [3.8, 4) is 0 Å². The number of anilines is 1. The van der Waals surface area contributed by atoms with Crippen molar-refractivity contribution >= 4 is 17.6 Å². The van der Waals surface area contributed by atoms with E-state index < -0.39 is 12.1 Å². The highest BCUT2D eigenvalue weighted by Crippen LogP contribution is 2.25. The van der Waals surface area contributed by atoms with Gasteiger partial charge in [0.05, 0.1) is 12.1 Å². The summed E-state index contributed by atoms with van der Waals surface area (Å²) in [6.45, 7) is 4.33. The van der Waals surface area contributed by atoms with Crippen LogP contribution in [-0.4, -0.2) is 58.3 Å². The number of hydrogen-bond acceptors (Lipinski definition) is 6. The number of nitrogens with zero attached hydrogens (tertiary/aromatic N) is 4. The molecule has 8 nitrogen and oxygen atoms in total. The molecule has 3 rings (SSSR count). The van der Waals surface area contributed by atoms with E-state index in [0.717, 1.165) is 24.3 Å². The van der Waals surface area contributed by atoms with Gasteiger partial charge in [-0.3, -0.25) is 4.79 Å². The molecule has 0 bridgehead atoms. The fourth-order valence-electron chi connectivity index (χ4n) is 2.88. The minimum Gasteiger partial charge on any atom is -0.475 e. The third kappa shape index (κ3) is 6.19. The van der Waals surface area contributed by atoms with Crippen molar-refractivity contribution in [3.05, 3.63) is 41.5 Å². The zero-order valence-electron chi connectivity index (χ0n) is 16.6. The van der Waals surface area contributed by atoms with Gasteiger partial charge in [-0.1, -0.05) is 24.2 Å². The van der Waals surface area contributed by atoms with Crippen LogP contribution in [0.4, 0.5) is 18.9 Å². The van der Waals surface area contributed by atoms with Crippen molar-refractivity contribution in [2.24, 2.45) is 0 Å². The van der Waals surface area contributed by atoms with Crippen molar-refractivity contribution in [3.63, 3.8) is 0 Å². The molecule has 0 unspecified atom stereocenters. The summed E-state index contributed by atoms with van der Waals surface area (Å²) in [7, 11) is 1.77. The van der Waals surface area contributed by atoms with Gasteiger partial charge in [0.25, 0.3) is 5.91 Å². The van der Waals surface area contributed by atoms with Crippen molar-refractivity contribution in [1.82, 2.24) is 15.0 Å². The Hall–Kier alpha value is -3.11. The molecule has 1 fully saturated rings. The van der Waals surface area contributed by atoms with Crippen molar-refractivity contribution in [2.45, 2.75) is 38.9 Å². The first-order valence-corrected chi connectivity index (χ1v) is 9.34. The fraction of sp³-hybridized carbons (Fsp3) is 0.474. The Morgan fingerprint density at radius 3 is 2.37 bits per heavy atom. The highest BCUT2D eigenvalue weighted by molar-refractivity contribution is 5.99. The first-order chi connectivity index (χ1) is 14.1. The number of rotatable bonds is 5. The molecular weight excluding hydrogens is 405 g/mol. The molecular formula is C19H23F3N4O4. The summed E-state index contributed by atoms with van der Waals surface area (Å²) in [5.74, 6) is -1.64. The van der Waals surface area contributed by atoms with Crippen LogP contribution >= 0.6 is 0 Å². The molecule has 1 aliphatic rings. The SMILES string of the molecule is CCc1nc(CN(C)C(=O)c2ccccc2N2CCCC2)no1.O=C(O)C(F)(F)F. The summed E-state index contributed by atoms with van der Waals surface area (Å²) in [6, 6.07) is 7.80. The Kier molecular flexibility index (Phi) is 7.79. The maximum atomic E-state index is 12.8. The number of para-hydroxylation sites is 1. The molecule has 0 atom stereocenters. The van der Waals surface area contributed by atoms with E-state index in [2.05, 4.69) is 15.0 Å². The molecule has 11 heteroatoms. The molecule has 2 heterocycles. The summed E-state index contributed by atoms with van der Waals surface area (Å²) < 4.78 is 36.8. The van der Waals surface area contributed by atoms with Gasteiger partial charge in [-0.15, -0.1) is 0 Å². The van der Waals surface area contributed by atoms with Gasteiger partial charge in [-0.25, -0.2) is 4.79 Å². The van der Waals surface area contributed by atoms with Crippen LogP contribution < -0.4 is 4.90 Å². The lowest BCUT2D eigenvalue weighted by atomic mass is 10.1. The number of carbonyl (C=O) groups excluding carboxylic acids is 1. The van der Waals surface area contributed by atoms with Gasteiger partial charge in [0.2, 0.25) is 5.89 Å². The molecule has 1 aromatic carbocycles. The van der Waals surface area contributed by atoms with E-state index in [4.69, 9.17) is 14.4 Å². The third-order valence-electron chi connectivity index (χ3n) is 4.36. The van der Waals surface area contributed by atoms with Gasteiger partial charge in [0.1, 0.15) is 0 Å². The lowest BCUT2D eigenvalue weighted by Crippen LogP contribution is -2.29. The van der Waals surface area contributed by atoms with Crippen LogP contribution in [0.2, 0.25) is 0 Å². The summed E-state index contributed by atoms with van der Waals surface area (Å²) in [4.78, 5) is 29.9. The van der Waals surface area contributed by atoms with Gasteiger partial charge >= 0.3 is 12.1 Å². The zero-order valence-corrected chi connectivity index (χ0v) is 16.6. The van der Waals surface area contributed by atoms with Crippen LogP contribution in [0.3, 0.4) is 0 Å². The Morgan fingerprint density at radius 1 is 1.23 bits per heavy atom. The minimum atomic E-state index is -5.08. The lowest BCUT2D eigenvalue weighted by Gasteiger charge is -2.23. The maximum Gasteiger partial charge on any atom is 0.490 e. The predicted octanol–water partition coefficient (Wildman–Crippen LogP) is 3.14. The summed E-state index contributed by atoms with van der Waals surface area (Å²) >= 11 is 0. The van der Waals surface area contributed by atoms with Crippen LogP contribution in [0.1, 0.15) is 41.8 Å². The first-order valence-electron chi connectivity index (χ1n) is 9.34. The summed E-state index contributed by atoms with van der Waals surface area (Å²) in [5, 5.41) is 11.0. The van der Waals surface area contributed by atoms with Gasteiger partial charge in [-0.2, -0.15) is 18.2 Å². The molecule has 2 aromatic rings. The van der Waals surface area contributed by atoms with Crippen LogP contribution in [-0.2, 0) is 17.8 Å². The highest BCUT2D eigenvalue weighted by Gasteiger charge is 2.38. The molecule has 1 aliphatic heterocycles. The Balaban J connectivity index is 0.000000396. The monoisotopic (exact) mass is 428 g/mol. The number of halogens is 3. The number of benzene rings is 1. The van der Waals surface area contributed by atoms with Crippen molar-refractivity contribution < 1.29 is 32.4 Å². The Morgan fingerprint density at radius 2 is 1.83 bits per heavy atom. The smallest absolute Gasteiger partial charge is 0.475 e. The van der Waals surface area contributed by atoms with Crippen LogP contribution in [0, 0.1) is 0 Å². The van der Waals surface area contributed by atoms with Gasteiger partial charge < -0.3 is 19.4 Å². The molecule has 1 N–H and O–H groups in total. The number of amides is 1. The van der Waals surface area contributed by atoms with Crippen LogP contribution in [0.15, 0.2) is 28.8 Å². The number of alkyl halides is 3. The molecule has 0 aliphatic carbocycles. The average molecular weight is 428 g/mol. The molecule has 30 heavy (non-hydrogen) atoms. The van der Waals surface area contributed by atoms with E-state index in [1.165, 1.54) is 12.8 Å². The van der Waals surface area contributed by atoms with Gasteiger partial charge in [-0.05, 0) is 25.0 Å². The van der Waals surface area contributed by atoms with Crippen molar-refractivity contribution in [2.75, 3.05) is 25.0 Å². The van der Waals surface area contributed by atoms with Crippen LogP contribution in [0.5, 0.6) is 0 Å². The zero-order chi connectivity index (χ0) is 22.3. The number of hydrogen-bond donors (Lipinski definition) is 1. The largest absolute Gasteiger partial charge is 0.490 e. The molecule has 164 valence electrons. The molecule has 0 spiro atoms. The topological polar surface area (TPSA) is 99.8 Å². The molecule has 1 aromatic heterocycles. The predicted molar refractivity (Wildman–Crippen MR) is 101 cm³/mol. The first kappa shape index (κ1) is 23.2. The molecule has 0 radical (unpaired) electrons. The van der Waals surface area contributed by atoms with E-state index in [-0.39, 0.29) is 5.91 Å². The van der Waals surface area contributed by atoms with E-state index in [9.17, 15) is 18.0 Å². The Bertz CT molecular complexity index is 863. The second-order valence-electron chi connectivity index (χ2n) is 6.63. The second-order valence-corrected chi connectivity index (χ2v) is 6.63. The summed E-state index contributed by atoms with van der Waals surface area (Å²) in [5.41, 5.74) is 1.75. The number of aryl methyl sites for hydroxylation is 1. The van der Waals surface area contributed by atoms with Crippen LogP contribution in [0.25, 0.3) is 0 Å². The second kappa shape index (κ2) is 10.1. The number of carbonyl (C=O) groups is 2. The molecule has 1 saturated heterocycles. The lowest BCUT2D eigenvalue weighted by molar-refractivity contribution is -0.192. The minimum absolute atomic E-state index is 0.0182. The van der Waals surface area contributed by atoms with Crippen molar-refractivity contribution in [1.29, 1.82) is 0 Å². The quantitative estimate of drug-likeness (QED) is 0.781. The van der Waals surface area contributed by atoms with E-state index in [1.54, 1.807) is 11.9 Å². The number of carboxylic acids is 1. The van der Waals surface area contributed by atoms with Gasteiger partial charge in [0, 0.05) is 32.2 Å². The normalized spacial score (nSPS) is 13.6. The highest BCUT2D eigenvalue weighted by atomic mass is 19.4. The van der Waals surface area contributed by atoms with Gasteiger partial charge in [0.15, 0.2) is 5.82 Å². The number of carboxylic acid groups (broad SMARTS) is 1. The Labute approximate surface area is 171 Å². The summed E-state index contributed by atoms with van der Waals surface area (Å²) in [6.07, 6.45) is -2.02. The van der Waals surface area contributed by atoms with E-state index in [0.29, 0.717) is 24.7 Å². The third-order valence-corrected chi connectivity index (χ3v) is 4.36. The van der Waals surface area contributed by atoms with E-state index >= 15 is 0 Å². The maximum absolute atomic E-state index is 12.8. The number of aliphatic carboxylic acids is 1. The van der Waals surface area contributed by atoms with E-state index in [1.807, 2.05) is 31.2 Å². The average Bonchev–Trinajstić information content (AvgIpc) is 3.39. The standard InChI is InChI=1S/C17H22N4O2.C2HF3O2/c1-3-16-18-15(19-23-16)12-20(2)17(22)13-8-4-5-9-14(13)21-10-6-7-11-21;3-2(4,5)1(6)7/h4-5,8-9H,3,6-7,10-12H2,1-2H3;(H,6,7). The molecule has 1 amide bonds. The fourth-order valence-corrected chi connectivity index (χ4v) is 2.88. The number of aromatic nitrogens is 2. The molecule has 0 saturated carbocycles.